The molecule has 0 saturated heterocycles. The third-order valence-corrected chi connectivity index (χ3v) is 3.65. The average molecular weight is 284 g/mol. The summed E-state index contributed by atoms with van der Waals surface area (Å²) in [5.41, 5.74) is 9.68. The molecule has 0 saturated carbocycles. The monoisotopic (exact) mass is 283 g/mol. The van der Waals surface area contributed by atoms with Crippen LogP contribution in [0.5, 0.6) is 0 Å². The van der Waals surface area contributed by atoms with Gasteiger partial charge in [-0.05, 0) is 36.8 Å². The van der Waals surface area contributed by atoms with Crippen molar-refractivity contribution in [2.45, 2.75) is 6.92 Å². The van der Waals surface area contributed by atoms with Gasteiger partial charge in [0.15, 0.2) is 0 Å². The molecule has 0 aliphatic carbocycles. The Kier molecular flexibility index (Phi) is 3.20. The summed E-state index contributed by atoms with van der Waals surface area (Å²) in [4.78, 5) is 4.12. The molecule has 1 aromatic heterocycles. The van der Waals surface area contributed by atoms with Gasteiger partial charge < -0.3 is 11.1 Å². The van der Waals surface area contributed by atoms with Gasteiger partial charge in [-0.1, -0.05) is 23.7 Å². The van der Waals surface area contributed by atoms with Crippen LogP contribution in [0.4, 0.5) is 17.1 Å². The van der Waals surface area contributed by atoms with Crippen LogP contribution in [0.15, 0.2) is 48.8 Å². The van der Waals surface area contributed by atoms with Gasteiger partial charge in [-0.15, -0.1) is 0 Å². The minimum absolute atomic E-state index is 0.698. The lowest BCUT2D eigenvalue weighted by Gasteiger charge is -2.14. The van der Waals surface area contributed by atoms with E-state index >= 15 is 0 Å². The molecule has 20 heavy (non-hydrogen) atoms. The molecule has 0 aliphatic rings. The highest BCUT2D eigenvalue weighted by atomic mass is 35.5. The maximum atomic E-state index is 6.26. The van der Waals surface area contributed by atoms with Crippen LogP contribution in [0, 0.1) is 6.92 Å². The van der Waals surface area contributed by atoms with Gasteiger partial charge in [0.25, 0.3) is 0 Å². The molecule has 0 radical (unpaired) electrons. The highest BCUT2D eigenvalue weighted by molar-refractivity contribution is 6.33. The zero-order valence-corrected chi connectivity index (χ0v) is 11.8. The van der Waals surface area contributed by atoms with Crippen molar-refractivity contribution in [3.8, 4) is 0 Å². The highest BCUT2D eigenvalue weighted by Gasteiger charge is 2.08. The third kappa shape index (κ3) is 2.17. The largest absolute Gasteiger partial charge is 0.398 e. The van der Waals surface area contributed by atoms with Gasteiger partial charge in [0.1, 0.15) is 0 Å². The molecule has 1 heterocycles. The van der Waals surface area contributed by atoms with Crippen LogP contribution in [0.2, 0.25) is 5.02 Å². The molecule has 0 spiro atoms. The van der Waals surface area contributed by atoms with E-state index in [1.807, 2.05) is 43.3 Å². The third-order valence-electron chi connectivity index (χ3n) is 3.33. The van der Waals surface area contributed by atoms with E-state index in [-0.39, 0.29) is 0 Å². The van der Waals surface area contributed by atoms with Gasteiger partial charge in [0.2, 0.25) is 0 Å². The second-order valence-electron chi connectivity index (χ2n) is 4.68. The van der Waals surface area contributed by atoms with Crippen molar-refractivity contribution in [3.05, 3.63) is 59.4 Å². The molecule has 3 N–H and O–H groups in total. The van der Waals surface area contributed by atoms with Crippen molar-refractivity contribution >= 4 is 39.4 Å². The predicted octanol–water partition coefficient (Wildman–Crippen LogP) is 4.52. The van der Waals surface area contributed by atoms with Crippen LogP contribution in [0.1, 0.15) is 5.56 Å². The number of aromatic nitrogens is 1. The summed E-state index contributed by atoms with van der Waals surface area (Å²) in [7, 11) is 0. The van der Waals surface area contributed by atoms with Crippen LogP contribution < -0.4 is 11.1 Å². The zero-order valence-electron chi connectivity index (χ0n) is 11.0. The second kappa shape index (κ2) is 5.02. The first-order valence-corrected chi connectivity index (χ1v) is 6.69. The van der Waals surface area contributed by atoms with Crippen molar-refractivity contribution in [3.63, 3.8) is 0 Å². The Hall–Kier alpha value is -2.26. The van der Waals surface area contributed by atoms with E-state index in [0.717, 1.165) is 33.4 Å². The summed E-state index contributed by atoms with van der Waals surface area (Å²) in [6.07, 6.45) is 3.53. The number of nitrogen functional groups attached to an aromatic ring is 1. The number of hydrogen-bond acceptors (Lipinski definition) is 3. The number of benzene rings is 2. The number of halogens is 1. The molecule has 0 aliphatic heterocycles. The maximum Gasteiger partial charge on any atom is 0.0643 e. The Morgan fingerprint density at radius 2 is 1.95 bits per heavy atom. The predicted molar refractivity (Wildman–Crippen MR) is 85.6 cm³/mol. The fourth-order valence-corrected chi connectivity index (χ4v) is 2.51. The van der Waals surface area contributed by atoms with Crippen molar-refractivity contribution in [1.29, 1.82) is 0 Å². The molecule has 0 amide bonds. The summed E-state index contributed by atoms with van der Waals surface area (Å²) in [6, 6.07) is 11.6. The standard InChI is InChI=1S/C16H14ClN3/c1-10-3-2-4-13(17)16(10)20-15-6-5-14(18)12-9-19-8-7-11(12)15/h2-9,20H,18H2,1H3. The first-order chi connectivity index (χ1) is 9.66. The molecule has 100 valence electrons. The van der Waals surface area contributed by atoms with Crippen LogP contribution in [0.25, 0.3) is 10.8 Å². The van der Waals surface area contributed by atoms with Crippen LogP contribution in [0.3, 0.4) is 0 Å². The molecule has 0 atom stereocenters. The number of hydrogen-bond donors (Lipinski definition) is 2. The smallest absolute Gasteiger partial charge is 0.0643 e. The Morgan fingerprint density at radius 3 is 2.75 bits per heavy atom. The Balaban J connectivity index is 2.14. The summed E-state index contributed by atoms with van der Waals surface area (Å²) < 4.78 is 0. The summed E-state index contributed by atoms with van der Waals surface area (Å²) >= 11 is 6.26. The van der Waals surface area contributed by atoms with E-state index in [0.29, 0.717) is 5.02 Å². The molecular weight excluding hydrogens is 270 g/mol. The van der Waals surface area contributed by atoms with Crippen LogP contribution >= 0.6 is 11.6 Å². The van der Waals surface area contributed by atoms with Gasteiger partial charge >= 0.3 is 0 Å². The number of pyridine rings is 1. The summed E-state index contributed by atoms with van der Waals surface area (Å²) in [6.45, 7) is 2.02. The molecule has 0 unspecified atom stereocenters. The number of aryl methyl sites for hydroxylation is 1. The number of fused-ring (bicyclic) bond motifs is 1. The minimum atomic E-state index is 0.698. The molecule has 3 aromatic rings. The topological polar surface area (TPSA) is 50.9 Å². The molecular formula is C16H14ClN3. The van der Waals surface area contributed by atoms with Crippen LogP contribution in [-0.2, 0) is 0 Å². The van der Waals surface area contributed by atoms with E-state index in [4.69, 9.17) is 17.3 Å². The fraction of sp³-hybridized carbons (Fsp3) is 0.0625. The summed E-state index contributed by atoms with van der Waals surface area (Å²) in [5, 5.41) is 6.05. The fourth-order valence-electron chi connectivity index (χ4n) is 2.25. The summed E-state index contributed by atoms with van der Waals surface area (Å²) in [5.74, 6) is 0. The lowest BCUT2D eigenvalue weighted by Crippen LogP contribution is -1.97. The Morgan fingerprint density at radius 1 is 1.10 bits per heavy atom. The van der Waals surface area contributed by atoms with E-state index in [2.05, 4.69) is 10.3 Å². The molecule has 2 aromatic carbocycles. The van der Waals surface area contributed by atoms with Gasteiger partial charge in [0, 0.05) is 34.5 Å². The molecule has 3 nitrogen and oxygen atoms in total. The van der Waals surface area contributed by atoms with Gasteiger partial charge in [0.05, 0.1) is 10.7 Å². The Bertz CT molecular complexity index is 764. The van der Waals surface area contributed by atoms with E-state index < -0.39 is 0 Å². The second-order valence-corrected chi connectivity index (χ2v) is 5.09. The number of para-hydroxylation sites is 1. The number of nitrogens with two attached hydrogens (primary N) is 1. The number of nitrogens with zero attached hydrogens (tertiary/aromatic N) is 1. The maximum absolute atomic E-state index is 6.26. The SMILES string of the molecule is Cc1cccc(Cl)c1Nc1ccc(N)c2cnccc12. The first-order valence-electron chi connectivity index (χ1n) is 6.31. The highest BCUT2D eigenvalue weighted by Crippen LogP contribution is 2.33. The molecule has 0 bridgehead atoms. The lowest BCUT2D eigenvalue weighted by atomic mass is 10.1. The molecule has 3 rings (SSSR count). The van der Waals surface area contributed by atoms with Crippen LogP contribution in [-0.4, -0.2) is 4.98 Å². The quantitative estimate of drug-likeness (QED) is 0.680. The van der Waals surface area contributed by atoms with Gasteiger partial charge in [-0.3, -0.25) is 4.98 Å². The van der Waals surface area contributed by atoms with E-state index in [9.17, 15) is 0 Å². The normalized spacial score (nSPS) is 10.7. The first kappa shape index (κ1) is 12.8. The average Bonchev–Trinajstić information content (AvgIpc) is 2.46. The van der Waals surface area contributed by atoms with Gasteiger partial charge in [-0.25, -0.2) is 0 Å². The lowest BCUT2D eigenvalue weighted by molar-refractivity contribution is 1.36. The molecule has 0 fully saturated rings. The van der Waals surface area contributed by atoms with Crippen molar-refractivity contribution < 1.29 is 0 Å². The van der Waals surface area contributed by atoms with Crippen molar-refractivity contribution in [2.24, 2.45) is 0 Å². The van der Waals surface area contributed by atoms with Crippen molar-refractivity contribution in [1.82, 2.24) is 4.98 Å². The Labute approximate surface area is 122 Å². The zero-order chi connectivity index (χ0) is 14.1. The number of nitrogens with one attached hydrogen (secondary N) is 1. The van der Waals surface area contributed by atoms with Gasteiger partial charge in [-0.2, -0.15) is 0 Å². The van der Waals surface area contributed by atoms with Crippen molar-refractivity contribution in [2.75, 3.05) is 11.1 Å². The van der Waals surface area contributed by atoms with E-state index in [1.54, 1.807) is 12.4 Å². The van der Waals surface area contributed by atoms with E-state index in [1.165, 1.54) is 0 Å². The number of rotatable bonds is 2. The number of anilines is 3. The minimum Gasteiger partial charge on any atom is -0.398 e. The molecule has 4 heteroatoms.